The number of anilines is 2. The maximum absolute atomic E-state index is 4.68. The van der Waals surface area contributed by atoms with Crippen molar-refractivity contribution in [1.82, 2.24) is 19.5 Å². The highest BCUT2D eigenvalue weighted by Gasteiger charge is 2.26. The fourth-order valence-corrected chi connectivity index (χ4v) is 2.37. The van der Waals surface area contributed by atoms with E-state index in [1.165, 1.54) is 25.7 Å². The summed E-state index contributed by atoms with van der Waals surface area (Å²) in [5.41, 5.74) is 1.86. The van der Waals surface area contributed by atoms with Gasteiger partial charge in [-0.05, 0) is 31.6 Å². The Morgan fingerprint density at radius 1 is 1.25 bits per heavy atom. The highest BCUT2D eigenvalue weighted by molar-refractivity contribution is 5.84. The van der Waals surface area contributed by atoms with Crippen molar-refractivity contribution in [2.75, 3.05) is 24.3 Å². The molecule has 2 aromatic heterocycles. The summed E-state index contributed by atoms with van der Waals surface area (Å²) in [5, 5.41) is 3.48. The Morgan fingerprint density at radius 2 is 2.05 bits per heavy atom. The molecule has 4 rings (SSSR count). The van der Waals surface area contributed by atoms with Crippen LogP contribution in [0.25, 0.3) is 11.2 Å². The third kappa shape index (κ3) is 2.19. The second-order valence-corrected chi connectivity index (χ2v) is 6.20. The monoisotopic (exact) mass is 272 g/mol. The van der Waals surface area contributed by atoms with Crippen molar-refractivity contribution in [2.45, 2.75) is 38.3 Å². The molecule has 0 atom stereocenters. The molecular formula is C14H20N6. The summed E-state index contributed by atoms with van der Waals surface area (Å²) >= 11 is 0. The van der Waals surface area contributed by atoms with E-state index >= 15 is 0 Å². The molecule has 2 aromatic rings. The zero-order valence-corrected chi connectivity index (χ0v) is 12.0. The molecule has 0 aliphatic heterocycles. The fourth-order valence-electron chi connectivity index (χ4n) is 2.37. The van der Waals surface area contributed by atoms with Gasteiger partial charge in [-0.15, -0.1) is 0 Å². The average molecular weight is 272 g/mol. The van der Waals surface area contributed by atoms with Crippen LogP contribution >= 0.6 is 0 Å². The van der Waals surface area contributed by atoms with Crippen LogP contribution in [-0.4, -0.2) is 39.7 Å². The van der Waals surface area contributed by atoms with Gasteiger partial charge in [0.15, 0.2) is 17.0 Å². The van der Waals surface area contributed by atoms with Crippen LogP contribution in [0.4, 0.5) is 11.8 Å². The standard InChI is InChI=1S/C14H20N6/c1-19(2)14-17-12(16-10-5-6-10)11-13(18-14)20(8-15-11)7-9-3-4-9/h8-10H,3-7H2,1-2H3,(H,16,17,18). The van der Waals surface area contributed by atoms with Crippen molar-refractivity contribution in [2.24, 2.45) is 5.92 Å². The third-order valence-electron chi connectivity index (χ3n) is 3.92. The predicted octanol–water partition coefficient (Wildman–Crippen LogP) is 1.88. The van der Waals surface area contributed by atoms with E-state index in [1.54, 1.807) is 0 Å². The first-order valence-electron chi connectivity index (χ1n) is 7.37. The highest BCUT2D eigenvalue weighted by atomic mass is 15.3. The topological polar surface area (TPSA) is 58.9 Å². The van der Waals surface area contributed by atoms with Crippen molar-refractivity contribution in [1.29, 1.82) is 0 Å². The Balaban J connectivity index is 1.79. The van der Waals surface area contributed by atoms with Crippen LogP contribution in [0.1, 0.15) is 25.7 Å². The molecule has 0 unspecified atom stereocenters. The minimum absolute atomic E-state index is 0.566. The first-order chi connectivity index (χ1) is 9.70. The van der Waals surface area contributed by atoms with Crippen molar-refractivity contribution >= 4 is 22.9 Å². The largest absolute Gasteiger partial charge is 0.365 e. The molecule has 2 aliphatic rings. The lowest BCUT2D eigenvalue weighted by molar-refractivity contribution is 0.637. The molecule has 2 aliphatic carbocycles. The van der Waals surface area contributed by atoms with Crippen molar-refractivity contribution < 1.29 is 0 Å². The molecule has 2 heterocycles. The Labute approximate surface area is 118 Å². The number of hydrogen-bond acceptors (Lipinski definition) is 5. The van der Waals surface area contributed by atoms with Crippen molar-refractivity contribution in [3.63, 3.8) is 0 Å². The lowest BCUT2D eigenvalue weighted by Crippen LogP contribution is -2.15. The van der Waals surface area contributed by atoms with Gasteiger partial charge in [-0.3, -0.25) is 0 Å². The second-order valence-electron chi connectivity index (χ2n) is 6.20. The normalized spacial score (nSPS) is 18.5. The molecule has 6 heteroatoms. The molecule has 0 saturated heterocycles. The lowest BCUT2D eigenvalue weighted by atomic mass is 10.4. The molecule has 106 valence electrons. The number of imidazole rings is 1. The zero-order chi connectivity index (χ0) is 13.7. The van der Waals surface area contributed by atoms with E-state index in [0.717, 1.165) is 35.4 Å². The van der Waals surface area contributed by atoms with Gasteiger partial charge in [0.05, 0.1) is 6.33 Å². The smallest absolute Gasteiger partial charge is 0.228 e. The molecular weight excluding hydrogens is 252 g/mol. The number of nitrogens with zero attached hydrogens (tertiary/aromatic N) is 5. The van der Waals surface area contributed by atoms with Crippen molar-refractivity contribution in [3.05, 3.63) is 6.33 Å². The van der Waals surface area contributed by atoms with E-state index in [4.69, 9.17) is 0 Å². The van der Waals surface area contributed by atoms with E-state index in [0.29, 0.717) is 6.04 Å². The molecule has 0 spiro atoms. The van der Waals surface area contributed by atoms with Crippen LogP contribution in [0.3, 0.4) is 0 Å². The Hall–Kier alpha value is -1.85. The van der Waals surface area contributed by atoms with Crippen LogP contribution < -0.4 is 10.2 Å². The molecule has 20 heavy (non-hydrogen) atoms. The average Bonchev–Trinajstić information content (AvgIpc) is 3.32. The summed E-state index contributed by atoms with van der Waals surface area (Å²) in [6.45, 7) is 1.03. The molecule has 0 amide bonds. The predicted molar refractivity (Wildman–Crippen MR) is 79.0 cm³/mol. The van der Waals surface area contributed by atoms with E-state index in [-0.39, 0.29) is 0 Å². The van der Waals surface area contributed by atoms with Crippen molar-refractivity contribution in [3.8, 4) is 0 Å². The summed E-state index contributed by atoms with van der Waals surface area (Å²) < 4.78 is 2.18. The van der Waals surface area contributed by atoms with Gasteiger partial charge in [0.2, 0.25) is 5.95 Å². The van der Waals surface area contributed by atoms with Gasteiger partial charge in [0.25, 0.3) is 0 Å². The number of aromatic nitrogens is 4. The molecule has 6 nitrogen and oxygen atoms in total. The Bertz CT molecular complexity index is 638. The summed E-state index contributed by atoms with van der Waals surface area (Å²) in [6.07, 6.45) is 7.03. The van der Waals surface area contributed by atoms with Crippen LogP contribution in [0.2, 0.25) is 0 Å². The van der Waals surface area contributed by atoms with Gasteiger partial charge in [-0.2, -0.15) is 9.97 Å². The van der Waals surface area contributed by atoms with Crippen LogP contribution in [0.15, 0.2) is 6.33 Å². The fraction of sp³-hybridized carbons (Fsp3) is 0.643. The molecule has 0 radical (unpaired) electrons. The minimum Gasteiger partial charge on any atom is -0.365 e. The molecule has 0 bridgehead atoms. The van der Waals surface area contributed by atoms with Crippen LogP contribution in [0, 0.1) is 5.92 Å². The summed E-state index contributed by atoms with van der Waals surface area (Å²) in [7, 11) is 3.95. The summed E-state index contributed by atoms with van der Waals surface area (Å²) in [5.74, 6) is 2.44. The van der Waals surface area contributed by atoms with Gasteiger partial charge >= 0.3 is 0 Å². The van der Waals surface area contributed by atoms with Crippen LogP contribution in [0.5, 0.6) is 0 Å². The molecule has 2 saturated carbocycles. The zero-order valence-electron chi connectivity index (χ0n) is 12.0. The Kier molecular flexibility index (Phi) is 2.58. The van der Waals surface area contributed by atoms with E-state index in [1.807, 2.05) is 25.3 Å². The molecule has 0 aromatic carbocycles. The number of hydrogen-bond donors (Lipinski definition) is 1. The van der Waals surface area contributed by atoms with E-state index in [2.05, 4.69) is 24.8 Å². The second kappa shape index (κ2) is 4.33. The molecule has 2 fully saturated rings. The Morgan fingerprint density at radius 3 is 2.70 bits per heavy atom. The first kappa shape index (κ1) is 11.9. The first-order valence-corrected chi connectivity index (χ1v) is 7.37. The number of fused-ring (bicyclic) bond motifs is 1. The lowest BCUT2D eigenvalue weighted by Gasteiger charge is -2.13. The van der Waals surface area contributed by atoms with E-state index < -0.39 is 0 Å². The van der Waals surface area contributed by atoms with E-state index in [9.17, 15) is 0 Å². The summed E-state index contributed by atoms with van der Waals surface area (Å²) in [4.78, 5) is 15.8. The SMILES string of the molecule is CN(C)c1nc(NC2CC2)c2ncn(CC3CC3)c2n1. The third-order valence-corrected chi connectivity index (χ3v) is 3.92. The van der Waals surface area contributed by atoms with Gasteiger partial charge < -0.3 is 14.8 Å². The maximum Gasteiger partial charge on any atom is 0.228 e. The maximum atomic E-state index is 4.68. The van der Waals surface area contributed by atoms with Gasteiger partial charge in [-0.25, -0.2) is 4.98 Å². The van der Waals surface area contributed by atoms with Gasteiger partial charge in [0.1, 0.15) is 0 Å². The quantitative estimate of drug-likeness (QED) is 0.900. The van der Waals surface area contributed by atoms with Gasteiger partial charge in [0, 0.05) is 26.7 Å². The highest BCUT2D eigenvalue weighted by Crippen LogP contribution is 2.33. The molecule has 1 N–H and O–H groups in total. The van der Waals surface area contributed by atoms with Crippen LogP contribution in [-0.2, 0) is 6.54 Å². The van der Waals surface area contributed by atoms with Gasteiger partial charge in [-0.1, -0.05) is 0 Å². The number of nitrogens with one attached hydrogen (secondary N) is 1. The number of rotatable bonds is 5. The minimum atomic E-state index is 0.566. The summed E-state index contributed by atoms with van der Waals surface area (Å²) in [6, 6.07) is 0.566.